The summed E-state index contributed by atoms with van der Waals surface area (Å²) in [6.07, 6.45) is 13.8. The smallest absolute Gasteiger partial charge is 0.0636 e. The van der Waals surface area contributed by atoms with Gasteiger partial charge in [-0.15, -0.1) is 0 Å². The number of benzene rings is 3. The van der Waals surface area contributed by atoms with Crippen molar-refractivity contribution in [1.29, 1.82) is 0 Å². The van der Waals surface area contributed by atoms with E-state index in [1.807, 2.05) is 12.1 Å². The van der Waals surface area contributed by atoms with Crippen LogP contribution in [-0.4, -0.2) is 35.5 Å². The van der Waals surface area contributed by atoms with Gasteiger partial charge in [-0.3, -0.25) is 0 Å². The molecule has 0 fully saturated rings. The fraction of sp³-hybridized carbons (Fsp3) is 0.471. The Kier molecular flexibility index (Phi) is 11.5. The molecule has 2 atom stereocenters. The summed E-state index contributed by atoms with van der Waals surface area (Å²) in [5, 5.41) is 27.9. The predicted octanol–water partition coefficient (Wildman–Crippen LogP) is 6.94. The minimum Gasteiger partial charge on any atom is -0.394 e. The summed E-state index contributed by atoms with van der Waals surface area (Å²) < 4.78 is 0. The lowest BCUT2D eigenvalue weighted by Gasteiger charge is -2.25. The molecule has 0 saturated heterocycles. The van der Waals surface area contributed by atoms with Crippen LogP contribution in [0.15, 0.2) is 72.8 Å². The molecule has 2 bridgehead atoms. The number of anilines is 2. The fourth-order valence-electron chi connectivity index (χ4n) is 5.62. The normalized spacial score (nSPS) is 16.4. The Morgan fingerprint density at radius 3 is 1.26 bits per heavy atom. The van der Waals surface area contributed by atoms with E-state index in [1.165, 1.54) is 73.6 Å². The van der Waals surface area contributed by atoms with Crippen LogP contribution in [0.25, 0.3) is 0 Å². The van der Waals surface area contributed by atoms with Gasteiger partial charge in [0.15, 0.2) is 0 Å². The number of aliphatic hydroxyl groups excluding tert-OH is 2. The molecule has 204 valence electrons. The number of aryl methyl sites for hydroxylation is 2. The van der Waals surface area contributed by atoms with Gasteiger partial charge in [-0.25, -0.2) is 0 Å². The number of hydrogen-bond acceptors (Lipinski definition) is 4. The number of nitrogens with one attached hydrogen (secondary N) is 2. The summed E-state index contributed by atoms with van der Waals surface area (Å²) in [5.41, 5.74) is 7.37. The van der Waals surface area contributed by atoms with E-state index in [1.54, 1.807) is 0 Å². The van der Waals surface area contributed by atoms with Crippen LogP contribution >= 0.6 is 0 Å². The van der Waals surface area contributed by atoms with Crippen LogP contribution in [0, 0.1) is 0 Å². The van der Waals surface area contributed by atoms with Crippen LogP contribution in [0.5, 0.6) is 0 Å². The van der Waals surface area contributed by atoms with Crippen LogP contribution in [-0.2, 0) is 25.7 Å². The minimum absolute atomic E-state index is 0.0371. The predicted molar refractivity (Wildman–Crippen MR) is 160 cm³/mol. The van der Waals surface area contributed by atoms with Crippen molar-refractivity contribution in [3.8, 4) is 0 Å². The van der Waals surface area contributed by atoms with E-state index in [-0.39, 0.29) is 25.3 Å². The van der Waals surface area contributed by atoms with E-state index in [9.17, 15) is 10.2 Å². The van der Waals surface area contributed by atoms with Crippen LogP contribution in [0.2, 0.25) is 0 Å². The molecule has 0 spiro atoms. The van der Waals surface area contributed by atoms with E-state index in [4.69, 9.17) is 0 Å². The van der Waals surface area contributed by atoms with Crippen molar-refractivity contribution in [2.24, 2.45) is 0 Å². The standard InChI is InChI=1S/C34H46N2O2/c37-25-31(21-27-15-9-7-10-16-27)35-33-24-30-20-14-6-4-2-1-3-5-13-19-29(33)23-34(30)36-32(26-38)22-28-17-11-8-12-18-28/h7-12,15-18,23-24,31-32,35-38H,1-6,13-14,19-22,25-26H2/t31-,32-/m1/s1. The van der Waals surface area contributed by atoms with Gasteiger partial charge in [0.1, 0.15) is 0 Å². The molecule has 4 N–H and O–H groups in total. The Balaban J connectivity index is 1.60. The highest BCUT2D eigenvalue weighted by Gasteiger charge is 2.17. The summed E-state index contributed by atoms with van der Waals surface area (Å²) in [4.78, 5) is 0. The molecule has 2 aliphatic carbocycles. The molecule has 0 amide bonds. The molecule has 0 heterocycles. The van der Waals surface area contributed by atoms with Crippen molar-refractivity contribution in [3.63, 3.8) is 0 Å². The van der Waals surface area contributed by atoms with Gasteiger partial charge in [0, 0.05) is 11.4 Å². The zero-order valence-corrected chi connectivity index (χ0v) is 22.9. The Hall–Kier alpha value is -2.82. The zero-order valence-electron chi connectivity index (χ0n) is 22.9. The van der Waals surface area contributed by atoms with E-state index in [0.717, 1.165) is 37.1 Å². The molecular formula is C34H46N2O2. The highest BCUT2D eigenvalue weighted by atomic mass is 16.3. The van der Waals surface area contributed by atoms with Gasteiger partial charge < -0.3 is 20.8 Å². The first kappa shape index (κ1) is 28.2. The third kappa shape index (κ3) is 8.89. The summed E-state index contributed by atoms with van der Waals surface area (Å²) >= 11 is 0. The summed E-state index contributed by atoms with van der Waals surface area (Å²) in [5.74, 6) is 0. The first-order valence-electron chi connectivity index (χ1n) is 14.7. The third-order valence-electron chi connectivity index (χ3n) is 7.78. The van der Waals surface area contributed by atoms with Gasteiger partial charge in [-0.2, -0.15) is 0 Å². The Morgan fingerprint density at radius 2 is 0.895 bits per heavy atom. The van der Waals surface area contributed by atoms with Crippen LogP contribution in [0.1, 0.15) is 73.6 Å². The van der Waals surface area contributed by atoms with Gasteiger partial charge in [0.05, 0.1) is 25.3 Å². The molecule has 4 nitrogen and oxygen atoms in total. The SMILES string of the molecule is OC[C@@H](Cc1ccccc1)Nc1cc2c(N[C@@H](CO)Cc3ccccc3)cc1CCCCCCCCCC2. The van der Waals surface area contributed by atoms with E-state index < -0.39 is 0 Å². The second-order valence-electron chi connectivity index (χ2n) is 10.9. The van der Waals surface area contributed by atoms with Crippen molar-refractivity contribution in [3.05, 3.63) is 95.1 Å². The molecule has 2 aliphatic rings. The van der Waals surface area contributed by atoms with Crippen molar-refractivity contribution < 1.29 is 10.2 Å². The average Bonchev–Trinajstić information content (AvgIpc) is 2.95. The topological polar surface area (TPSA) is 64.5 Å². The largest absolute Gasteiger partial charge is 0.394 e. The molecule has 0 saturated carbocycles. The third-order valence-corrected chi connectivity index (χ3v) is 7.78. The van der Waals surface area contributed by atoms with Gasteiger partial charge in [-0.1, -0.05) is 99.2 Å². The molecule has 0 radical (unpaired) electrons. The van der Waals surface area contributed by atoms with E-state index in [0.29, 0.717) is 0 Å². The van der Waals surface area contributed by atoms with E-state index >= 15 is 0 Å². The zero-order chi connectivity index (χ0) is 26.4. The lowest BCUT2D eigenvalue weighted by atomic mass is 9.95. The second-order valence-corrected chi connectivity index (χ2v) is 10.9. The number of rotatable bonds is 10. The van der Waals surface area contributed by atoms with Crippen molar-refractivity contribution in [2.75, 3.05) is 23.8 Å². The molecular weight excluding hydrogens is 468 g/mol. The van der Waals surface area contributed by atoms with Crippen molar-refractivity contribution in [1.82, 2.24) is 0 Å². The Bertz CT molecular complexity index is 983. The van der Waals surface area contributed by atoms with Crippen LogP contribution < -0.4 is 10.6 Å². The summed E-state index contributed by atoms with van der Waals surface area (Å²) in [6.45, 7) is 0.181. The number of fused-ring (bicyclic) bond motifs is 11. The average molecular weight is 515 g/mol. The Labute approximate surface area is 229 Å². The van der Waals surface area contributed by atoms with Gasteiger partial charge in [-0.05, 0) is 72.9 Å². The van der Waals surface area contributed by atoms with Gasteiger partial charge >= 0.3 is 0 Å². The second kappa shape index (κ2) is 15.6. The first-order valence-corrected chi connectivity index (χ1v) is 14.7. The fourth-order valence-corrected chi connectivity index (χ4v) is 5.62. The maximum Gasteiger partial charge on any atom is 0.0636 e. The van der Waals surface area contributed by atoms with Crippen LogP contribution in [0.4, 0.5) is 11.4 Å². The molecule has 0 aromatic heterocycles. The molecule has 38 heavy (non-hydrogen) atoms. The highest BCUT2D eigenvalue weighted by Crippen LogP contribution is 2.31. The summed E-state index contributed by atoms with van der Waals surface area (Å²) in [7, 11) is 0. The Morgan fingerprint density at radius 1 is 0.526 bits per heavy atom. The number of hydrogen-bond donors (Lipinski definition) is 4. The quantitative estimate of drug-likeness (QED) is 0.237. The minimum atomic E-state index is -0.0371. The van der Waals surface area contributed by atoms with Gasteiger partial charge in [0.2, 0.25) is 0 Å². The maximum atomic E-state index is 10.2. The van der Waals surface area contributed by atoms with Crippen LogP contribution in [0.3, 0.4) is 0 Å². The monoisotopic (exact) mass is 514 g/mol. The lowest BCUT2D eigenvalue weighted by molar-refractivity contribution is 0.273. The maximum absolute atomic E-state index is 10.2. The molecule has 4 heteroatoms. The van der Waals surface area contributed by atoms with Gasteiger partial charge in [0.25, 0.3) is 0 Å². The van der Waals surface area contributed by atoms with E-state index in [2.05, 4.69) is 71.3 Å². The lowest BCUT2D eigenvalue weighted by Crippen LogP contribution is -2.28. The number of aliphatic hydroxyl groups is 2. The highest BCUT2D eigenvalue weighted by molar-refractivity contribution is 5.65. The molecule has 3 aromatic carbocycles. The molecule has 0 unspecified atom stereocenters. The molecule has 3 aromatic rings. The van der Waals surface area contributed by atoms with Crippen molar-refractivity contribution in [2.45, 2.75) is 89.1 Å². The first-order chi connectivity index (χ1) is 18.7. The molecule has 0 aliphatic heterocycles. The summed E-state index contributed by atoms with van der Waals surface area (Å²) in [6, 6.07) is 25.4. The molecule has 5 rings (SSSR count). The van der Waals surface area contributed by atoms with Crippen molar-refractivity contribution >= 4 is 11.4 Å².